The Morgan fingerprint density at radius 2 is 1.50 bits per heavy atom. The maximum absolute atomic E-state index is 2.40. The Labute approximate surface area is 91.5 Å². The highest BCUT2D eigenvalue weighted by Gasteiger charge is 2.31. The van der Waals surface area contributed by atoms with Crippen LogP contribution in [0.1, 0.15) is 73.6 Å². The molecule has 0 aromatic rings. The van der Waals surface area contributed by atoms with Crippen molar-refractivity contribution in [2.45, 2.75) is 73.6 Å². The van der Waals surface area contributed by atoms with Gasteiger partial charge in [0.25, 0.3) is 0 Å². The van der Waals surface area contributed by atoms with Gasteiger partial charge in [-0.3, -0.25) is 0 Å². The van der Waals surface area contributed by atoms with E-state index < -0.39 is 0 Å². The molecule has 0 amide bonds. The van der Waals surface area contributed by atoms with Crippen molar-refractivity contribution in [2.75, 3.05) is 0 Å². The smallest absolute Gasteiger partial charge is 0.0340 e. The van der Waals surface area contributed by atoms with Gasteiger partial charge in [-0.1, -0.05) is 73.6 Å². The number of hydrogen-bond acceptors (Lipinski definition) is 0. The fourth-order valence-electron chi connectivity index (χ4n) is 3.01. The highest BCUT2D eigenvalue weighted by molar-refractivity contribution is 4.82. The van der Waals surface area contributed by atoms with Crippen molar-refractivity contribution in [1.82, 2.24) is 0 Å². The van der Waals surface area contributed by atoms with E-state index in [1.54, 1.807) is 0 Å². The summed E-state index contributed by atoms with van der Waals surface area (Å²) in [6, 6.07) is 0. The molecule has 1 saturated carbocycles. The van der Waals surface area contributed by atoms with Crippen molar-refractivity contribution in [2.24, 2.45) is 17.3 Å². The van der Waals surface area contributed by atoms with E-state index in [1.807, 2.05) is 13.8 Å². The first-order chi connectivity index (χ1) is 6.55. The summed E-state index contributed by atoms with van der Waals surface area (Å²) in [6.07, 6.45) is 7.33. The maximum atomic E-state index is 2.40. The van der Waals surface area contributed by atoms with E-state index in [0.29, 0.717) is 5.41 Å². The van der Waals surface area contributed by atoms with Gasteiger partial charge in [-0.05, 0) is 17.3 Å². The summed E-state index contributed by atoms with van der Waals surface area (Å²) < 4.78 is 0. The second-order valence-corrected chi connectivity index (χ2v) is 5.43. The lowest BCUT2D eigenvalue weighted by molar-refractivity contribution is 0.154. The molecule has 14 heavy (non-hydrogen) atoms. The molecule has 1 atom stereocenters. The van der Waals surface area contributed by atoms with E-state index in [2.05, 4.69) is 27.7 Å². The lowest BCUT2D eigenvalue weighted by Crippen LogP contribution is -2.26. The van der Waals surface area contributed by atoms with Crippen molar-refractivity contribution in [3.8, 4) is 0 Å². The lowest BCUT2D eigenvalue weighted by atomic mass is 9.71. The average molecular weight is 198 g/mol. The van der Waals surface area contributed by atoms with E-state index in [9.17, 15) is 0 Å². The van der Waals surface area contributed by atoms with Crippen LogP contribution in [0, 0.1) is 17.3 Å². The van der Waals surface area contributed by atoms with Crippen molar-refractivity contribution >= 4 is 0 Å². The quantitative estimate of drug-likeness (QED) is 0.566. The second kappa shape index (κ2) is 6.48. The van der Waals surface area contributed by atoms with E-state index >= 15 is 0 Å². The Morgan fingerprint density at radius 1 is 1.07 bits per heavy atom. The van der Waals surface area contributed by atoms with Gasteiger partial charge in [-0.2, -0.15) is 0 Å². The molecule has 1 fully saturated rings. The summed E-state index contributed by atoms with van der Waals surface area (Å²) in [5.74, 6) is 2.00. The van der Waals surface area contributed by atoms with Crippen LogP contribution < -0.4 is 0 Å². The van der Waals surface area contributed by atoms with Gasteiger partial charge in [0.1, 0.15) is 0 Å². The van der Waals surface area contributed by atoms with Crippen molar-refractivity contribution < 1.29 is 0 Å². The Hall–Kier alpha value is 0. The van der Waals surface area contributed by atoms with Gasteiger partial charge < -0.3 is 0 Å². The first kappa shape index (κ1) is 14.0. The predicted octanol–water partition coefficient (Wildman–Crippen LogP) is 5.28. The highest BCUT2D eigenvalue weighted by Crippen LogP contribution is 2.42. The molecule has 0 heteroatoms. The van der Waals surface area contributed by atoms with Gasteiger partial charge in [-0.15, -0.1) is 0 Å². The van der Waals surface area contributed by atoms with Crippen molar-refractivity contribution in [3.63, 3.8) is 0 Å². The predicted molar refractivity (Wildman–Crippen MR) is 66.5 cm³/mol. The average Bonchev–Trinajstić information content (AvgIpc) is 2.60. The molecule has 0 bridgehead atoms. The van der Waals surface area contributed by atoms with Crippen LogP contribution in [-0.4, -0.2) is 0 Å². The van der Waals surface area contributed by atoms with Crippen LogP contribution in [0.5, 0.6) is 0 Å². The van der Waals surface area contributed by atoms with Crippen LogP contribution >= 0.6 is 0 Å². The second-order valence-electron chi connectivity index (χ2n) is 5.43. The van der Waals surface area contributed by atoms with Crippen molar-refractivity contribution in [3.05, 3.63) is 0 Å². The van der Waals surface area contributed by atoms with Gasteiger partial charge in [0.2, 0.25) is 0 Å². The summed E-state index contributed by atoms with van der Waals surface area (Å²) in [6.45, 7) is 13.6. The number of rotatable bonds is 2. The van der Waals surface area contributed by atoms with Crippen LogP contribution in [0.4, 0.5) is 0 Å². The summed E-state index contributed by atoms with van der Waals surface area (Å²) >= 11 is 0. The molecule has 0 spiro atoms. The molecule has 1 unspecified atom stereocenters. The largest absolute Gasteiger partial charge is 0.0683 e. The summed E-state index contributed by atoms with van der Waals surface area (Å²) in [5.41, 5.74) is 0.532. The van der Waals surface area contributed by atoms with E-state index in [-0.39, 0.29) is 0 Å². The first-order valence-corrected chi connectivity index (χ1v) is 6.55. The molecule has 0 N–H and O–H groups in total. The molecule has 0 saturated heterocycles. The molecule has 0 heterocycles. The zero-order chi connectivity index (χ0) is 11.2. The van der Waals surface area contributed by atoms with E-state index in [1.165, 1.54) is 32.1 Å². The van der Waals surface area contributed by atoms with Crippen LogP contribution in [-0.2, 0) is 0 Å². The van der Waals surface area contributed by atoms with Gasteiger partial charge in [0, 0.05) is 0 Å². The molecule has 1 aliphatic rings. The van der Waals surface area contributed by atoms with Crippen molar-refractivity contribution in [1.29, 1.82) is 0 Å². The fraction of sp³-hybridized carbons (Fsp3) is 1.00. The van der Waals surface area contributed by atoms with E-state index in [0.717, 1.165) is 11.8 Å². The Kier molecular flexibility index (Phi) is 6.48. The normalized spacial score (nSPS) is 20.1. The maximum Gasteiger partial charge on any atom is -0.0340 e. The Morgan fingerprint density at radius 3 is 1.79 bits per heavy atom. The minimum atomic E-state index is 0.532. The monoisotopic (exact) mass is 198 g/mol. The van der Waals surface area contributed by atoms with Crippen LogP contribution in [0.3, 0.4) is 0 Å². The topological polar surface area (TPSA) is 0 Å². The fourth-order valence-corrected chi connectivity index (χ4v) is 3.01. The summed E-state index contributed by atoms with van der Waals surface area (Å²) in [5, 5.41) is 0. The van der Waals surface area contributed by atoms with Crippen LogP contribution in [0.15, 0.2) is 0 Å². The van der Waals surface area contributed by atoms with Gasteiger partial charge >= 0.3 is 0 Å². The zero-order valence-electron chi connectivity index (χ0n) is 11.2. The first-order valence-electron chi connectivity index (χ1n) is 6.55. The summed E-state index contributed by atoms with van der Waals surface area (Å²) in [4.78, 5) is 0. The lowest BCUT2D eigenvalue weighted by Gasteiger charge is -2.34. The molecule has 1 aliphatic carbocycles. The van der Waals surface area contributed by atoms with Crippen LogP contribution in [0.25, 0.3) is 0 Å². The van der Waals surface area contributed by atoms with Gasteiger partial charge in [0.05, 0.1) is 0 Å². The standard InChI is InChI=1S/C12H24.C2H6/c1-5-11(12(2,3)4)10-8-6-7-9-10;1-2/h10-11H,5-9H2,1-4H3;1-2H3. The highest BCUT2D eigenvalue weighted by atomic mass is 14.4. The molecule has 0 nitrogen and oxygen atoms in total. The Bertz CT molecular complexity index is 123. The molecule has 0 aromatic heterocycles. The van der Waals surface area contributed by atoms with E-state index in [4.69, 9.17) is 0 Å². The third kappa shape index (κ3) is 4.02. The molecule has 1 rings (SSSR count). The Balaban J connectivity index is 0.000000791. The molecule has 0 radical (unpaired) electrons. The van der Waals surface area contributed by atoms with Gasteiger partial charge in [-0.25, -0.2) is 0 Å². The third-order valence-electron chi connectivity index (χ3n) is 3.52. The minimum Gasteiger partial charge on any atom is -0.0683 e. The zero-order valence-corrected chi connectivity index (χ0v) is 11.2. The van der Waals surface area contributed by atoms with Gasteiger partial charge in [0.15, 0.2) is 0 Å². The molecule has 0 aliphatic heterocycles. The molecule has 0 aromatic carbocycles. The molecule has 86 valence electrons. The number of hydrogen-bond donors (Lipinski definition) is 0. The minimum absolute atomic E-state index is 0.532. The SMILES string of the molecule is CC.CCC(C1CCCC1)C(C)(C)C. The summed E-state index contributed by atoms with van der Waals surface area (Å²) in [7, 11) is 0. The molecular formula is C14H30. The molecular weight excluding hydrogens is 168 g/mol. The third-order valence-corrected chi connectivity index (χ3v) is 3.52. The van der Waals surface area contributed by atoms with Crippen LogP contribution in [0.2, 0.25) is 0 Å².